The number of rotatable bonds is 4. The number of carbonyl (C=O) groups is 1. The Morgan fingerprint density at radius 1 is 1.33 bits per heavy atom. The number of ether oxygens (including phenoxy) is 1. The van der Waals surface area contributed by atoms with E-state index in [9.17, 15) is 4.79 Å². The van der Waals surface area contributed by atoms with Crippen molar-refractivity contribution in [1.82, 2.24) is 0 Å². The van der Waals surface area contributed by atoms with Crippen molar-refractivity contribution >= 4 is 5.97 Å². The molecule has 0 amide bonds. The fraction of sp³-hybridized carbons (Fsp3) is 0.438. The minimum Gasteiger partial charge on any atom is -0.465 e. The molecule has 1 rings (SSSR count). The Morgan fingerprint density at radius 2 is 2.06 bits per heavy atom. The Hall–Kier alpha value is -1.75. The monoisotopic (exact) mass is 244 g/mol. The van der Waals surface area contributed by atoms with Gasteiger partial charge in [-0.2, -0.15) is 0 Å². The molecule has 0 spiro atoms. The first kappa shape index (κ1) is 14.3. The SMILES string of the molecule is Cc1ccccc1C#CCCC(=O)OCC(C)C. The smallest absolute Gasteiger partial charge is 0.306 e. The molecule has 0 unspecified atom stereocenters. The molecule has 0 saturated heterocycles. The van der Waals surface area contributed by atoms with Crippen molar-refractivity contribution in [1.29, 1.82) is 0 Å². The van der Waals surface area contributed by atoms with Crippen LogP contribution >= 0.6 is 0 Å². The molecule has 96 valence electrons. The Morgan fingerprint density at radius 3 is 2.72 bits per heavy atom. The standard InChI is InChI=1S/C16H20O2/c1-13(2)12-18-16(17)11-7-6-10-15-9-5-4-8-14(15)3/h4-5,8-9,13H,7,11-12H2,1-3H3. The number of hydrogen-bond acceptors (Lipinski definition) is 2. The lowest BCUT2D eigenvalue weighted by molar-refractivity contribution is -0.144. The number of benzene rings is 1. The van der Waals surface area contributed by atoms with Crippen LogP contribution in [0.3, 0.4) is 0 Å². The molecule has 0 radical (unpaired) electrons. The Bertz CT molecular complexity index is 450. The molecule has 2 heteroatoms. The Labute approximate surface area is 109 Å². The highest BCUT2D eigenvalue weighted by Gasteiger charge is 2.02. The van der Waals surface area contributed by atoms with Crippen LogP contribution in [0.4, 0.5) is 0 Å². The predicted octanol–water partition coefficient (Wildman–Crippen LogP) is 3.33. The van der Waals surface area contributed by atoms with Gasteiger partial charge in [0.15, 0.2) is 0 Å². The maximum absolute atomic E-state index is 11.3. The van der Waals surface area contributed by atoms with Gasteiger partial charge in [0, 0.05) is 12.0 Å². The zero-order chi connectivity index (χ0) is 13.4. The first-order valence-corrected chi connectivity index (χ1v) is 6.29. The van der Waals surface area contributed by atoms with Crippen molar-refractivity contribution in [3.8, 4) is 11.8 Å². The van der Waals surface area contributed by atoms with Gasteiger partial charge in [0.2, 0.25) is 0 Å². The van der Waals surface area contributed by atoms with E-state index in [1.807, 2.05) is 45.0 Å². The quantitative estimate of drug-likeness (QED) is 0.600. The highest BCUT2D eigenvalue weighted by atomic mass is 16.5. The van der Waals surface area contributed by atoms with Gasteiger partial charge in [0.25, 0.3) is 0 Å². The molecule has 1 aromatic carbocycles. The second-order valence-corrected chi connectivity index (χ2v) is 4.69. The molecular weight excluding hydrogens is 224 g/mol. The zero-order valence-electron chi connectivity index (χ0n) is 11.3. The molecule has 0 fully saturated rings. The van der Waals surface area contributed by atoms with Crippen LogP contribution in [-0.4, -0.2) is 12.6 Å². The van der Waals surface area contributed by atoms with Gasteiger partial charge in [0.05, 0.1) is 13.0 Å². The van der Waals surface area contributed by atoms with E-state index in [1.165, 1.54) is 0 Å². The van der Waals surface area contributed by atoms with Gasteiger partial charge in [-0.3, -0.25) is 4.79 Å². The molecule has 0 bridgehead atoms. The van der Waals surface area contributed by atoms with E-state index < -0.39 is 0 Å². The number of carbonyl (C=O) groups excluding carboxylic acids is 1. The summed E-state index contributed by atoms with van der Waals surface area (Å²) in [5, 5.41) is 0. The first-order valence-electron chi connectivity index (χ1n) is 6.29. The molecule has 0 saturated carbocycles. The van der Waals surface area contributed by atoms with Crippen molar-refractivity contribution in [2.45, 2.75) is 33.6 Å². The molecular formula is C16H20O2. The number of esters is 1. The van der Waals surface area contributed by atoms with Gasteiger partial charge < -0.3 is 4.74 Å². The third kappa shape index (κ3) is 5.54. The van der Waals surface area contributed by atoms with Crippen molar-refractivity contribution in [3.63, 3.8) is 0 Å². The third-order valence-electron chi connectivity index (χ3n) is 2.40. The van der Waals surface area contributed by atoms with Gasteiger partial charge in [-0.05, 0) is 24.5 Å². The van der Waals surface area contributed by atoms with Crippen LogP contribution < -0.4 is 0 Å². The largest absolute Gasteiger partial charge is 0.465 e. The molecule has 0 aliphatic heterocycles. The fourth-order valence-electron chi connectivity index (χ4n) is 1.37. The molecule has 0 aliphatic rings. The summed E-state index contributed by atoms with van der Waals surface area (Å²) < 4.78 is 5.07. The van der Waals surface area contributed by atoms with Gasteiger partial charge in [-0.25, -0.2) is 0 Å². The second kappa shape index (κ2) is 7.55. The molecule has 0 atom stereocenters. The van der Waals surface area contributed by atoms with E-state index in [1.54, 1.807) is 0 Å². The third-order valence-corrected chi connectivity index (χ3v) is 2.40. The Kier molecular flexibility index (Phi) is 6.00. The summed E-state index contributed by atoms with van der Waals surface area (Å²) in [6, 6.07) is 7.97. The lowest BCUT2D eigenvalue weighted by atomic mass is 10.1. The topological polar surface area (TPSA) is 26.3 Å². The minimum atomic E-state index is -0.164. The van der Waals surface area contributed by atoms with Crippen LogP contribution in [0.2, 0.25) is 0 Å². The highest BCUT2D eigenvalue weighted by molar-refractivity contribution is 5.69. The van der Waals surface area contributed by atoms with E-state index >= 15 is 0 Å². The van der Waals surface area contributed by atoms with Crippen LogP contribution in [-0.2, 0) is 9.53 Å². The summed E-state index contributed by atoms with van der Waals surface area (Å²) in [5.74, 6) is 6.30. The normalized spacial score (nSPS) is 9.78. The van der Waals surface area contributed by atoms with Crippen molar-refractivity contribution in [3.05, 3.63) is 35.4 Å². The van der Waals surface area contributed by atoms with E-state index in [0.29, 0.717) is 25.4 Å². The summed E-state index contributed by atoms with van der Waals surface area (Å²) in [6.07, 6.45) is 0.914. The van der Waals surface area contributed by atoms with E-state index in [4.69, 9.17) is 4.74 Å². The average Bonchev–Trinajstić information content (AvgIpc) is 2.34. The number of aryl methyl sites for hydroxylation is 1. The Balaban J connectivity index is 2.34. The van der Waals surface area contributed by atoms with E-state index in [2.05, 4.69) is 11.8 Å². The molecule has 2 nitrogen and oxygen atoms in total. The maximum Gasteiger partial charge on any atom is 0.306 e. The molecule has 0 aromatic heterocycles. The van der Waals surface area contributed by atoms with Crippen molar-refractivity contribution in [2.24, 2.45) is 5.92 Å². The van der Waals surface area contributed by atoms with Crippen LogP contribution in [0, 0.1) is 24.7 Å². The van der Waals surface area contributed by atoms with Crippen LogP contribution in [0.1, 0.15) is 37.8 Å². The zero-order valence-corrected chi connectivity index (χ0v) is 11.3. The molecule has 0 N–H and O–H groups in total. The van der Waals surface area contributed by atoms with Gasteiger partial charge in [0.1, 0.15) is 0 Å². The molecule has 0 heterocycles. The van der Waals surface area contributed by atoms with E-state index in [-0.39, 0.29) is 5.97 Å². The van der Waals surface area contributed by atoms with E-state index in [0.717, 1.165) is 11.1 Å². The summed E-state index contributed by atoms with van der Waals surface area (Å²) in [7, 11) is 0. The summed E-state index contributed by atoms with van der Waals surface area (Å²) in [5.41, 5.74) is 2.18. The molecule has 18 heavy (non-hydrogen) atoms. The van der Waals surface area contributed by atoms with Crippen molar-refractivity contribution in [2.75, 3.05) is 6.61 Å². The lowest BCUT2D eigenvalue weighted by Gasteiger charge is -2.05. The molecule has 0 aliphatic carbocycles. The summed E-state index contributed by atoms with van der Waals surface area (Å²) in [6.45, 7) is 6.56. The second-order valence-electron chi connectivity index (χ2n) is 4.69. The van der Waals surface area contributed by atoms with Crippen LogP contribution in [0.5, 0.6) is 0 Å². The lowest BCUT2D eigenvalue weighted by Crippen LogP contribution is -2.09. The maximum atomic E-state index is 11.3. The summed E-state index contributed by atoms with van der Waals surface area (Å²) >= 11 is 0. The molecule has 1 aromatic rings. The van der Waals surface area contributed by atoms with Crippen LogP contribution in [0.25, 0.3) is 0 Å². The highest BCUT2D eigenvalue weighted by Crippen LogP contribution is 2.04. The van der Waals surface area contributed by atoms with Gasteiger partial charge in [-0.1, -0.05) is 43.9 Å². The predicted molar refractivity (Wildman–Crippen MR) is 73.1 cm³/mol. The number of hydrogen-bond donors (Lipinski definition) is 0. The average molecular weight is 244 g/mol. The van der Waals surface area contributed by atoms with Gasteiger partial charge in [-0.15, -0.1) is 0 Å². The van der Waals surface area contributed by atoms with Gasteiger partial charge >= 0.3 is 5.97 Å². The summed E-state index contributed by atoms with van der Waals surface area (Å²) in [4.78, 5) is 11.3. The van der Waals surface area contributed by atoms with Crippen molar-refractivity contribution < 1.29 is 9.53 Å². The fourth-order valence-corrected chi connectivity index (χ4v) is 1.37. The first-order chi connectivity index (χ1) is 8.59. The van der Waals surface area contributed by atoms with Crippen LogP contribution in [0.15, 0.2) is 24.3 Å². The minimum absolute atomic E-state index is 0.164.